The molecule has 1 saturated heterocycles. The van der Waals surface area contributed by atoms with E-state index in [-0.39, 0.29) is 5.91 Å². The Morgan fingerprint density at radius 1 is 1.57 bits per heavy atom. The first kappa shape index (κ1) is 14.3. The van der Waals surface area contributed by atoms with Crippen LogP contribution in [0.3, 0.4) is 0 Å². The summed E-state index contributed by atoms with van der Waals surface area (Å²) < 4.78 is 5.34. The molecule has 4 nitrogen and oxygen atoms in total. The molecule has 3 heterocycles. The average Bonchev–Trinajstić information content (AvgIpc) is 3.15. The van der Waals surface area contributed by atoms with Crippen LogP contribution in [0.1, 0.15) is 52.5 Å². The number of thiazole rings is 1. The van der Waals surface area contributed by atoms with E-state index in [2.05, 4.69) is 17.3 Å². The molecule has 21 heavy (non-hydrogen) atoms. The van der Waals surface area contributed by atoms with Gasteiger partial charge in [-0.15, -0.1) is 11.3 Å². The van der Waals surface area contributed by atoms with Crippen molar-refractivity contribution in [2.45, 2.75) is 39.0 Å². The van der Waals surface area contributed by atoms with Gasteiger partial charge in [-0.05, 0) is 32.3 Å². The minimum Gasteiger partial charge on any atom is -0.459 e. The van der Waals surface area contributed by atoms with Crippen molar-refractivity contribution in [2.24, 2.45) is 0 Å². The number of likely N-dealkylation sites (tertiary alicyclic amines) is 1. The lowest BCUT2D eigenvalue weighted by Crippen LogP contribution is -2.39. The van der Waals surface area contributed by atoms with Crippen molar-refractivity contribution in [3.63, 3.8) is 0 Å². The fourth-order valence-corrected chi connectivity index (χ4v) is 3.80. The smallest absolute Gasteiger partial charge is 0.289 e. The van der Waals surface area contributed by atoms with Crippen LogP contribution in [0.2, 0.25) is 0 Å². The monoisotopic (exact) mass is 304 g/mol. The summed E-state index contributed by atoms with van der Waals surface area (Å²) in [6.07, 6.45) is 4.69. The highest BCUT2D eigenvalue weighted by Crippen LogP contribution is 2.30. The van der Waals surface area contributed by atoms with Crippen LogP contribution in [0.5, 0.6) is 0 Å². The normalized spacial score (nSPS) is 19.0. The van der Waals surface area contributed by atoms with Crippen LogP contribution in [-0.2, 0) is 6.42 Å². The molecule has 1 amide bonds. The minimum atomic E-state index is 0.00877. The molecule has 3 rings (SSSR count). The summed E-state index contributed by atoms with van der Waals surface area (Å²) in [4.78, 5) is 19.1. The van der Waals surface area contributed by atoms with Crippen LogP contribution in [0.15, 0.2) is 22.1 Å². The highest BCUT2D eigenvalue weighted by Gasteiger charge is 2.29. The van der Waals surface area contributed by atoms with Gasteiger partial charge >= 0.3 is 0 Å². The van der Waals surface area contributed by atoms with Crippen molar-refractivity contribution < 1.29 is 9.21 Å². The van der Waals surface area contributed by atoms with Crippen molar-refractivity contribution in [3.05, 3.63) is 39.7 Å². The van der Waals surface area contributed by atoms with E-state index in [1.807, 2.05) is 17.9 Å². The van der Waals surface area contributed by atoms with Gasteiger partial charge in [0.1, 0.15) is 0 Å². The minimum absolute atomic E-state index is 0.00877. The molecule has 2 aromatic heterocycles. The van der Waals surface area contributed by atoms with E-state index in [0.717, 1.165) is 43.6 Å². The SMILES string of the molecule is CCc1csc([C@H]2CCCN(C(=O)c3occc3C)C2)n1. The summed E-state index contributed by atoms with van der Waals surface area (Å²) in [6.45, 7) is 5.58. The Balaban J connectivity index is 1.74. The second-order valence-corrected chi connectivity index (χ2v) is 6.44. The molecule has 2 aromatic rings. The van der Waals surface area contributed by atoms with Crippen LogP contribution < -0.4 is 0 Å². The van der Waals surface area contributed by atoms with Gasteiger partial charge in [0.25, 0.3) is 5.91 Å². The molecule has 1 aliphatic rings. The van der Waals surface area contributed by atoms with Gasteiger partial charge in [-0.25, -0.2) is 4.98 Å². The number of hydrogen-bond acceptors (Lipinski definition) is 4. The summed E-state index contributed by atoms with van der Waals surface area (Å²) in [5, 5.41) is 3.30. The third-order valence-corrected chi connectivity index (χ3v) is 5.10. The molecule has 1 atom stereocenters. The Kier molecular flexibility index (Phi) is 4.10. The Morgan fingerprint density at radius 2 is 2.43 bits per heavy atom. The Hall–Kier alpha value is -1.62. The highest BCUT2D eigenvalue weighted by atomic mass is 32.1. The van der Waals surface area contributed by atoms with Crippen LogP contribution in [-0.4, -0.2) is 28.9 Å². The van der Waals surface area contributed by atoms with E-state index in [1.54, 1.807) is 17.6 Å². The molecule has 0 saturated carbocycles. The Labute approximate surface area is 128 Å². The number of aromatic nitrogens is 1. The molecule has 0 aliphatic carbocycles. The first-order valence-corrected chi connectivity index (χ1v) is 8.34. The fraction of sp³-hybridized carbons (Fsp3) is 0.500. The quantitative estimate of drug-likeness (QED) is 0.870. The first-order valence-electron chi connectivity index (χ1n) is 7.46. The van der Waals surface area contributed by atoms with Crippen molar-refractivity contribution in [1.29, 1.82) is 0 Å². The van der Waals surface area contributed by atoms with Gasteiger partial charge in [-0.3, -0.25) is 4.79 Å². The standard InChI is InChI=1S/C16H20N2O2S/c1-3-13-10-21-15(17-13)12-5-4-7-18(9-12)16(19)14-11(2)6-8-20-14/h6,8,10,12H,3-5,7,9H2,1-2H3/t12-/m0/s1. The average molecular weight is 304 g/mol. The van der Waals surface area contributed by atoms with E-state index in [4.69, 9.17) is 4.42 Å². The van der Waals surface area contributed by atoms with Crippen molar-refractivity contribution in [1.82, 2.24) is 9.88 Å². The molecule has 0 N–H and O–H groups in total. The van der Waals surface area contributed by atoms with Gasteiger partial charge in [0.05, 0.1) is 17.0 Å². The summed E-state index contributed by atoms with van der Waals surface area (Å²) in [7, 11) is 0. The number of hydrogen-bond donors (Lipinski definition) is 0. The molecule has 1 fully saturated rings. The van der Waals surface area contributed by atoms with Gasteiger partial charge < -0.3 is 9.32 Å². The van der Waals surface area contributed by atoms with E-state index in [0.29, 0.717) is 11.7 Å². The van der Waals surface area contributed by atoms with Gasteiger partial charge in [-0.2, -0.15) is 0 Å². The molecule has 0 spiro atoms. The molecule has 112 valence electrons. The van der Waals surface area contributed by atoms with Crippen molar-refractivity contribution >= 4 is 17.2 Å². The second-order valence-electron chi connectivity index (χ2n) is 5.55. The second kappa shape index (κ2) is 6.02. The topological polar surface area (TPSA) is 46.3 Å². The highest BCUT2D eigenvalue weighted by molar-refractivity contribution is 7.09. The molecule has 0 unspecified atom stereocenters. The molecule has 0 bridgehead atoms. The number of carbonyl (C=O) groups is 1. The summed E-state index contributed by atoms with van der Waals surface area (Å²) in [5.41, 5.74) is 2.06. The number of furan rings is 1. The lowest BCUT2D eigenvalue weighted by Gasteiger charge is -2.31. The maximum atomic E-state index is 12.5. The molecule has 0 radical (unpaired) electrons. The lowest BCUT2D eigenvalue weighted by molar-refractivity contribution is 0.0674. The summed E-state index contributed by atoms with van der Waals surface area (Å²) in [5.74, 6) is 0.849. The zero-order valence-corrected chi connectivity index (χ0v) is 13.3. The largest absolute Gasteiger partial charge is 0.459 e. The number of nitrogens with zero attached hydrogens (tertiary/aromatic N) is 2. The van der Waals surface area contributed by atoms with Gasteiger partial charge in [0.15, 0.2) is 5.76 Å². The number of aryl methyl sites for hydroxylation is 2. The van der Waals surface area contributed by atoms with Crippen LogP contribution >= 0.6 is 11.3 Å². The van der Waals surface area contributed by atoms with E-state index in [9.17, 15) is 4.79 Å². The zero-order chi connectivity index (χ0) is 14.8. The zero-order valence-electron chi connectivity index (χ0n) is 12.5. The lowest BCUT2D eigenvalue weighted by atomic mass is 9.98. The number of amides is 1. The van der Waals surface area contributed by atoms with E-state index < -0.39 is 0 Å². The maximum absolute atomic E-state index is 12.5. The number of piperidine rings is 1. The first-order chi connectivity index (χ1) is 10.2. The molecule has 5 heteroatoms. The molecule has 1 aliphatic heterocycles. The maximum Gasteiger partial charge on any atom is 0.289 e. The summed E-state index contributed by atoms with van der Waals surface area (Å²) in [6, 6.07) is 1.84. The van der Waals surface area contributed by atoms with Crippen LogP contribution in [0.4, 0.5) is 0 Å². The van der Waals surface area contributed by atoms with Crippen molar-refractivity contribution in [2.75, 3.05) is 13.1 Å². The van der Waals surface area contributed by atoms with E-state index >= 15 is 0 Å². The van der Waals surface area contributed by atoms with Gasteiger partial charge in [0, 0.05) is 30.0 Å². The predicted octanol–water partition coefficient (Wildman–Crippen LogP) is 3.63. The van der Waals surface area contributed by atoms with Gasteiger partial charge in [-0.1, -0.05) is 6.92 Å². The number of carbonyl (C=O) groups excluding carboxylic acids is 1. The van der Waals surface area contributed by atoms with Crippen molar-refractivity contribution in [3.8, 4) is 0 Å². The van der Waals surface area contributed by atoms with Gasteiger partial charge in [0.2, 0.25) is 0 Å². The number of rotatable bonds is 3. The Morgan fingerprint density at radius 3 is 3.10 bits per heavy atom. The Bertz CT molecular complexity index is 632. The fourth-order valence-electron chi connectivity index (χ4n) is 2.77. The molecule has 0 aromatic carbocycles. The summed E-state index contributed by atoms with van der Waals surface area (Å²) >= 11 is 1.72. The predicted molar refractivity (Wildman–Crippen MR) is 82.8 cm³/mol. The molecular formula is C16H20N2O2S. The third-order valence-electron chi connectivity index (χ3n) is 4.05. The van der Waals surface area contributed by atoms with Crippen LogP contribution in [0, 0.1) is 6.92 Å². The molecular weight excluding hydrogens is 284 g/mol. The van der Waals surface area contributed by atoms with E-state index in [1.165, 1.54) is 5.01 Å². The third kappa shape index (κ3) is 2.88. The van der Waals surface area contributed by atoms with Crippen LogP contribution in [0.25, 0.3) is 0 Å².